The van der Waals surface area contributed by atoms with E-state index in [0.717, 1.165) is 78.1 Å². The van der Waals surface area contributed by atoms with Crippen LogP contribution in [-0.2, 0) is 0 Å². The van der Waals surface area contributed by atoms with Crippen molar-refractivity contribution in [3.05, 3.63) is 170 Å². The van der Waals surface area contributed by atoms with Gasteiger partial charge in [-0.15, -0.1) is 0 Å². The first kappa shape index (κ1) is 30.5. The number of para-hydroxylation sites is 2. The van der Waals surface area contributed by atoms with Crippen LogP contribution in [0.15, 0.2) is 174 Å². The van der Waals surface area contributed by atoms with Gasteiger partial charge < -0.3 is 4.42 Å². The second-order valence-corrected chi connectivity index (χ2v) is 18.5. The highest BCUT2D eigenvalue weighted by Crippen LogP contribution is 2.38. The van der Waals surface area contributed by atoms with Crippen LogP contribution in [-0.4, -0.2) is 18.0 Å². The van der Waals surface area contributed by atoms with Gasteiger partial charge in [-0.3, -0.25) is 0 Å². The molecule has 0 spiro atoms. The van der Waals surface area contributed by atoms with E-state index in [-0.39, 0.29) is 0 Å². The molecule has 9 aromatic rings. The summed E-state index contributed by atoms with van der Waals surface area (Å²) in [6.45, 7) is 4.87. The van der Waals surface area contributed by atoms with Gasteiger partial charge in [-0.1, -0.05) is 159 Å². The maximum Gasteiger partial charge on any atom is 0.160 e. The third kappa shape index (κ3) is 4.87. The van der Waals surface area contributed by atoms with Crippen LogP contribution < -0.4 is 10.4 Å². The lowest BCUT2D eigenvalue weighted by Crippen LogP contribution is -2.50. The van der Waals surface area contributed by atoms with Crippen molar-refractivity contribution in [3.63, 3.8) is 0 Å². The molecule has 0 unspecified atom stereocenters. The van der Waals surface area contributed by atoms with Crippen LogP contribution in [0.4, 0.5) is 0 Å². The summed E-state index contributed by atoms with van der Waals surface area (Å²) in [5, 5.41) is 5.00. The highest BCUT2D eigenvalue weighted by atomic mass is 28.3. The quantitative estimate of drug-likeness (QED) is 0.170. The summed E-state index contributed by atoms with van der Waals surface area (Å²) in [4.78, 5) is 10.8. The third-order valence-corrected chi connectivity index (χ3v) is 14.2. The molecule has 0 saturated heterocycles. The average molecular weight is 683 g/mol. The topological polar surface area (TPSA) is 38.9 Å². The van der Waals surface area contributed by atoms with E-state index in [1.807, 2.05) is 12.1 Å². The molecule has 52 heavy (non-hydrogen) atoms. The minimum absolute atomic E-state index is 0.749. The first-order valence-electron chi connectivity index (χ1n) is 17.8. The van der Waals surface area contributed by atoms with Crippen molar-refractivity contribution in [2.45, 2.75) is 13.1 Å². The molecule has 4 heteroatoms. The summed E-state index contributed by atoms with van der Waals surface area (Å²) >= 11 is 0. The van der Waals surface area contributed by atoms with Gasteiger partial charge in [0.25, 0.3) is 0 Å². The third-order valence-electron chi connectivity index (χ3n) is 10.7. The minimum atomic E-state index is -2.12. The van der Waals surface area contributed by atoms with E-state index in [0.29, 0.717) is 0 Å². The number of hydrogen-bond acceptors (Lipinski definition) is 3. The lowest BCUT2D eigenvalue weighted by Gasteiger charge is -2.22. The summed E-state index contributed by atoms with van der Waals surface area (Å²) in [5.41, 5.74) is 14.1. The first-order chi connectivity index (χ1) is 25.5. The Kier molecular flexibility index (Phi) is 6.95. The molecule has 0 aliphatic carbocycles. The van der Waals surface area contributed by atoms with E-state index in [4.69, 9.17) is 14.4 Å². The van der Waals surface area contributed by atoms with E-state index in [9.17, 15) is 0 Å². The van der Waals surface area contributed by atoms with Crippen molar-refractivity contribution in [3.8, 4) is 67.3 Å². The van der Waals surface area contributed by atoms with Gasteiger partial charge in [-0.2, -0.15) is 0 Å². The SMILES string of the molecule is C[Si]1(C)c2ccccc2-c2nc(-c3cccc(-c4ccccc4)c3)nc(-c3cccc(-c4cccc(-c5cccc6c5oc5ccccc56)c4)c3)c21. The molecule has 3 nitrogen and oxygen atoms in total. The highest BCUT2D eigenvalue weighted by molar-refractivity contribution is 7.04. The first-order valence-corrected chi connectivity index (χ1v) is 20.8. The van der Waals surface area contributed by atoms with Crippen LogP contribution in [0.2, 0.25) is 13.1 Å². The van der Waals surface area contributed by atoms with Crippen LogP contribution >= 0.6 is 0 Å². The lowest BCUT2D eigenvalue weighted by molar-refractivity contribution is 0.670. The summed E-state index contributed by atoms with van der Waals surface area (Å²) in [6.07, 6.45) is 0. The van der Waals surface area contributed by atoms with E-state index >= 15 is 0 Å². The van der Waals surface area contributed by atoms with Gasteiger partial charge in [-0.05, 0) is 68.0 Å². The molecular formula is C48H34N2OSi. The fourth-order valence-electron chi connectivity index (χ4n) is 8.11. The monoisotopic (exact) mass is 682 g/mol. The van der Waals surface area contributed by atoms with Crippen molar-refractivity contribution in [1.82, 2.24) is 9.97 Å². The van der Waals surface area contributed by atoms with E-state index in [1.54, 1.807) is 0 Å². The molecule has 7 aromatic carbocycles. The number of fused-ring (bicyclic) bond motifs is 6. The van der Waals surface area contributed by atoms with Gasteiger partial charge in [-0.25, -0.2) is 9.97 Å². The van der Waals surface area contributed by atoms with Crippen molar-refractivity contribution in [1.29, 1.82) is 0 Å². The maximum absolute atomic E-state index is 6.42. The van der Waals surface area contributed by atoms with Crippen molar-refractivity contribution in [2.24, 2.45) is 0 Å². The molecule has 10 rings (SSSR count). The number of nitrogens with zero attached hydrogens (tertiary/aromatic N) is 2. The highest BCUT2D eigenvalue weighted by Gasteiger charge is 2.41. The molecule has 0 N–H and O–H groups in total. The van der Waals surface area contributed by atoms with Gasteiger partial charge in [0.2, 0.25) is 0 Å². The molecule has 1 aliphatic heterocycles. The van der Waals surface area contributed by atoms with Crippen LogP contribution in [0.25, 0.3) is 89.2 Å². The Bertz CT molecular complexity index is 2830. The normalized spacial score (nSPS) is 13.0. The second-order valence-electron chi connectivity index (χ2n) is 14.2. The Hall–Kier alpha value is -6.36. The van der Waals surface area contributed by atoms with Crippen molar-refractivity contribution >= 4 is 40.4 Å². The van der Waals surface area contributed by atoms with Gasteiger partial charge in [0, 0.05) is 27.5 Å². The predicted octanol–water partition coefficient (Wildman–Crippen LogP) is 11.5. The van der Waals surface area contributed by atoms with Crippen molar-refractivity contribution < 1.29 is 4.42 Å². The zero-order chi connectivity index (χ0) is 34.8. The largest absolute Gasteiger partial charge is 0.455 e. The van der Waals surface area contributed by atoms with Crippen LogP contribution in [0.3, 0.4) is 0 Å². The Morgan fingerprint density at radius 2 is 0.962 bits per heavy atom. The summed E-state index contributed by atoms with van der Waals surface area (Å²) in [6, 6.07) is 60.3. The van der Waals surface area contributed by atoms with Crippen LogP contribution in [0.1, 0.15) is 0 Å². The average Bonchev–Trinajstić information content (AvgIpc) is 3.70. The summed E-state index contributed by atoms with van der Waals surface area (Å²) < 4.78 is 6.42. The van der Waals surface area contributed by atoms with Crippen molar-refractivity contribution in [2.75, 3.05) is 0 Å². The predicted molar refractivity (Wildman–Crippen MR) is 219 cm³/mol. The lowest BCUT2D eigenvalue weighted by atomic mass is 9.96. The summed E-state index contributed by atoms with van der Waals surface area (Å²) in [5.74, 6) is 0.749. The Morgan fingerprint density at radius 1 is 0.423 bits per heavy atom. The van der Waals surface area contributed by atoms with Gasteiger partial charge in [0.05, 0.1) is 11.4 Å². The van der Waals surface area contributed by atoms with Crippen LogP contribution in [0, 0.1) is 0 Å². The zero-order valence-electron chi connectivity index (χ0n) is 29.0. The second kappa shape index (κ2) is 11.9. The zero-order valence-corrected chi connectivity index (χ0v) is 30.0. The molecule has 0 saturated carbocycles. The number of rotatable bonds is 5. The minimum Gasteiger partial charge on any atom is -0.455 e. The smallest absolute Gasteiger partial charge is 0.160 e. The standard InChI is InChI=1S/C48H34N2OSi/c1-52(2)43-27-9-7-23-41(43)45-47(52)44(49-48(50-45)37-21-12-16-32(30-37)31-14-4-3-5-15-31)36-20-11-18-34(29-36)33-17-10-19-35(28-33)38-24-13-25-40-39-22-6-8-26-42(39)51-46(38)40/h3-30H,1-2H3. The van der Waals surface area contributed by atoms with Gasteiger partial charge in [0.1, 0.15) is 19.2 Å². The number of aromatic nitrogens is 2. The van der Waals surface area contributed by atoms with Crippen LogP contribution in [0.5, 0.6) is 0 Å². The Labute approximate surface area is 303 Å². The van der Waals surface area contributed by atoms with Gasteiger partial charge in [0.15, 0.2) is 5.82 Å². The van der Waals surface area contributed by atoms with E-state index in [1.165, 1.54) is 21.5 Å². The molecule has 2 aromatic heterocycles. The van der Waals surface area contributed by atoms with E-state index in [2.05, 4.69) is 171 Å². The van der Waals surface area contributed by atoms with Gasteiger partial charge >= 0.3 is 0 Å². The molecule has 246 valence electrons. The fourth-order valence-corrected chi connectivity index (χ4v) is 11.3. The molecule has 0 atom stereocenters. The summed E-state index contributed by atoms with van der Waals surface area (Å²) in [7, 11) is -2.12. The Morgan fingerprint density at radius 3 is 1.79 bits per heavy atom. The molecule has 0 amide bonds. The molecule has 0 fully saturated rings. The maximum atomic E-state index is 6.42. The molecule has 1 aliphatic rings. The number of hydrogen-bond donors (Lipinski definition) is 0. The number of furan rings is 1. The molecule has 3 heterocycles. The molecular weight excluding hydrogens is 649 g/mol. The van der Waals surface area contributed by atoms with E-state index < -0.39 is 8.07 Å². The fraction of sp³-hybridized carbons (Fsp3) is 0.0417. The Balaban J connectivity index is 1.12. The molecule has 0 radical (unpaired) electrons. The number of benzene rings is 7. The molecule has 0 bridgehead atoms.